The third-order valence-corrected chi connectivity index (χ3v) is 5.18. The SMILES string of the molecule is Cc1ncc(CNC2CCCN(CC3CCCCC3)C2)cn1. The van der Waals surface area contributed by atoms with Crippen molar-refractivity contribution < 1.29 is 0 Å². The summed E-state index contributed by atoms with van der Waals surface area (Å²) in [5, 5.41) is 3.70. The summed E-state index contributed by atoms with van der Waals surface area (Å²) in [6, 6.07) is 0.624. The molecule has 1 aromatic rings. The average Bonchev–Trinajstić information content (AvgIpc) is 2.56. The van der Waals surface area contributed by atoms with Gasteiger partial charge in [-0.15, -0.1) is 0 Å². The van der Waals surface area contributed by atoms with Crippen molar-refractivity contribution in [3.63, 3.8) is 0 Å². The Morgan fingerprint density at radius 3 is 2.64 bits per heavy atom. The highest BCUT2D eigenvalue weighted by molar-refractivity contribution is 5.04. The molecule has 1 aliphatic heterocycles. The molecular formula is C18H30N4. The van der Waals surface area contributed by atoms with E-state index in [2.05, 4.69) is 20.2 Å². The molecule has 0 spiro atoms. The minimum absolute atomic E-state index is 0.624. The zero-order chi connectivity index (χ0) is 15.2. The second-order valence-corrected chi connectivity index (χ2v) is 7.12. The van der Waals surface area contributed by atoms with Crippen LogP contribution in [0.1, 0.15) is 56.3 Å². The Hall–Kier alpha value is -1.00. The highest BCUT2D eigenvalue weighted by atomic mass is 15.2. The summed E-state index contributed by atoms with van der Waals surface area (Å²) >= 11 is 0. The van der Waals surface area contributed by atoms with Gasteiger partial charge in [-0.2, -0.15) is 0 Å². The third-order valence-electron chi connectivity index (χ3n) is 5.18. The molecule has 2 aliphatic rings. The van der Waals surface area contributed by atoms with Crippen molar-refractivity contribution in [1.82, 2.24) is 20.2 Å². The maximum absolute atomic E-state index is 4.27. The van der Waals surface area contributed by atoms with Crippen molar-refractivity contribution in [2.45, 2.75) is 64.5 Å². The van der Waals surface area contributed by atoms with Gasteiger partial charge in [0.15, 0.2) is 0 Å². The van der Waals surface area contributed by atoms with E-state index in [9.17, 15) is 0 Å². The Bertz CT molecular complexity index is 439. The molecule has 1 atom stereocenters. The average molecular weight is 302 g/mol. The Balaban J connectivity index is 1.42. The molecule has 0 aromatic carbocycles. The van der Waals surface area contributed by atoms with Gasteiger partial charge >= 0.3 is 0 Å². The molecule has 0 amide bonds. The molecule has 1 saturated heterocycles. The highest BCUT2D eigenvalue weighted by Gasteiger charge is 2.23. The van der Waals surface area contributed by atoms with Gasteiger partial charge in [-0.1, -0.05) is 19.3 Å². The second-order valence-electron chi connectivity index (χ2n) is 7.12. The van der Waals surface area contributed by atoms with Crippen LogP contribution in [0.5, 0.6) is 0 Å². The van der Waals surface area contributed by atoms with E-state index in [1.807, 2.05) is 19.3 Å². The first-order valence-electron chi connectivity index (χ1n) is 9.03. The zero-order valence-corrected chi connectivity index (χ0v) is 13.9. The summed E-state index contributed by atoms with van der Waals surface area (Å²) in [5.41, 5.74) is 1.19. The number of piperidine rings is 1. The fourth-order valence-corrected chi connectivity index (χ4v) is 3.90. The van der Waals surface area contributed by atoms with Gasteiger partial charge in [-0.25, -0.2) is 9.97 Å². The van der Waals surface area contributed by atoms with E-state index in [1.54, 1.807) is 0 Å². The maximum Gasteiger partial charge on any atom is 0.125 e. The summed E-state index contributed by atoms with van der Waals surface area (Å²) < 4.78 is 0. The van der Waals surface area contributed by atoms with Crippen molar-refractivity contribution in [3.8, 4) is 0 Å². The number of likely N-dealkylation sites (tertiary alicyclic amines) is 1. The van der Waals surface area contributed by atoms with Gasteiger partial charge in [-0.3, -0.25) is 0 Å². The van der Waals surface area contributed by atoms with Crippen molar-refractivity contribution in [2.24, 2.45) is 5.92 Å². The van der Waals surface area contributed by atoms with Crippen LogP contribution in [0.2, 0.25) is 0 Å². The highest BCUT2D eigenvalue weighted by Crippen LogP contribution is 2.25. The molecule has 3 rings (SSSR count). The lowest BCUT2D eigenvalue weighted by Crippen LogP contribution is -2.47. The minimum atomic E-state index is 0.624. The molecule has 2 heterocycles. The summed E-state index contributed by atoms with van der Waals surface area (Å²) in [6.07, 6.45) is 13.8. The number of hydrogen-bond donors (Lipinski definition) is 1. The Morgan fingerprint density at radius 2 is 1.86 bits per heavy atom. The van der Waals surface area contributed by atoms with Crippen LogP contribution < -0.4 is 5.32 Å². The van der Waals surface area contributed by atoms with Crippen LogP contribution in [-0.4, -0.2) is 40.5 Å². The molecular weight excluding hydrogens is 272 g/mol. The van der Waals surface area contributed by atoms with Crippen LogP contribution in [0.3, 0.4) is 0 Å². The molecule has 122 valence electrons. The molecule has 0 bridgehead atoms. The fourth-order valence-electron chi connectivity index (χ4n) is 3.90. The molecule has 4 heteroatoms. The molecule has 4 nitrogen and oxygen atoms in total. The fraction of sp³-hybridized carbons (Fsp3) is 0.778. The smallest absolute Gasteiger partial charge is 0.125 e. The molecule has 1 aliphatic carbocycles. The molecule has 22 heavy (non-hydrogen) atoms. The normalized spacial score (nSPS) is 24.5. The molecule has 0 radical (unpaired) electrons. The summed E-state index contributed by atoms with van der Waals surface area (Å²) in [4.78, 5) is 11.2. The lowest BCUT2D eigenvalue weighted by Gasteiger charge is -2.36. The lowest BCUT2D eigenvalue weighted by atomic mass is 9.88. The number of aryl methyl sites for hydroxylation is 1. The zero-order valence-electron chi connectivity index (χ0n) is 13.9. The molecule has 1 saturated carbocycles. The standard InChI is InChI=1S/C18H30N4/c1-15-19-10-17(11-20-15)12-21-18-8-5-9-22(14-18)13-16-6-3-2-4-7-16/h10-11,16,18,21H,2-9,12-14H2,1H3. The molecule has 2 fully saturated rings. The Labute approximate surface area is 134 Å². The predicted molar refractivity (Wildman–Crippen MR) is 89.6 cm³/mol. The Morgan fingerprint density at radius 1 is 1.09 bits per heavy atom. The van der Waals surface area contributed by atoms with Crippen LogP contribution in [0, 0.1) is 12.8 Å². The van der Waals surface area contributed by atoms with Crippen LogP contribution in [0.4, 0.5) is 0 Å². The number of aromatic nitrogens is 2. The van der Waals surface area contributed by atoms with E-state index in [0.717, 1.165) is 18.3 Å². The molecule has 1 unspecified atom stereocenters. The van der Waals surface area contributed by atoms with Gasteiger partial charge in [0, 0.05) is 43.6 Å². The van der Waals surface area contributed by atoms with Gasteiger partial charge in [0.25, 0.3) is 0 Å². The lowest BCUT2D eigenvalue weighted by molar-refractivity contribution is 0.149. The number of nitrogens with zero attached hydrogens (tertiary/aromatic N) is 3. The van der Waals surface area contributed by atoms with E-state index in [0.29, 0.717) is 6.04 Å². The van der Waals surface area contributed by atoms with Crippen LogP contribution in [0.25, 0.3) is 0 Å². The minimum Gasteiger partial charge on any atom is -0.309 e. The third kappa shape index (κ3) is 4.75. The summed E-state index contributed by atoms with van der Waals surface area (Å²) in [5.74, 6) is 1.80. The first kappa shape index (κ1) is 15.9. The number of hydrogen-bond acceptors (Lipinski definition) is 4. The van der Waals surface area contributed by atoms with Gasteiger partial charge < -0.3 is 10.2 Å². The second kappa shape index (κ2) is 8.02. The van der Waals surface area contributed by atoms with Crippen LogP contribution in [-0.2, 0) is 6.54 Å². The van der Waals surface area contributed by atoms with Gasteiger partial charge in [0.1, 0.15) is 5.82 Å². The van der Waals surface area contributed by atoms with Crippen molar-refractivity contribution >= 4 is 0 Å². The topological polar surface area (TPSA) is 41.1 Å². The van der Waals surface area contributed by atoms with Crippen LogP contribution >= 0.6 is 0 Å². The summed E-state index contributed by atoms with van der Waals surface area (Å²) in [7, 11) is 0. The quantitative estimate of drug-likeness (QED) is 0.908. The van der Waals surface area contributed by atoms with E-state index in [4.69, 9.17) is 0 Å². The number of rotatable bonds is 5. The summed E-state index contributed by atoms with van der Waals surface area (Å²) in [6.45, 7) is 6.65. The largest absolute Gasteiger partial charge is 0.309 e. The first-order valence-corrected chi connectivity index (χ1v) is 9.03. The van der Waals surface area contributed by atoms with Crippen molar-refractivity contribution in [3.05, 3.63) is 23.8 Å². The predicted octanol–water partition coefficient (Wildman–Crippen LogP) is 2.92. The first-order chi connectivity index (χ1) is 10.8. The van der Waals surface area contributed by atoms with Gasteiger partial charge in [0.05, 0.1) is 0 Å². The van der Waals surface area contributed by atoms with Gasteiger partial charge in [-0.05, 0) is 45.1 Å². The van der Waals surface area contributed by atoms with E-state index >= 15 is 0 Å². The Kier molecular flexibility index (Phi) is 5.79. The van der Waals surface area contributed by atoms with Gasteiger partial charge in [0.2, 0.25) is 0 Å². The van der Waals surface area contributed by atoms with E-state index < -0.39 is 0 Å². The van der Waals surface area contributed by atoms with E-state index in [1.165, 1.54) is 70.1 Å². The molecule has 1 aromatic heterocycles. The number of nitrogens with one attached hydrogen (secondary N) is 1. The maximum atomic E-state index is 4.27. The monoisotopic (exact) mass is 302 g/mol. The van der Waals surface area contributed by atoms with Crippen LogP contribution in [0.15, 0.2) is 12.4 Å². The van der Waals surface area contributed by atoms with Crippen molar-refractivity contribution in [1.29, 1.82) is 0 Å². The molecule has 1 N–H and O–H groups in total. The van der Waals surface area contributed by atoms with Crippen molar-refractivity contribution in [2.75, 3.05) is 19.6 Å². The van der Waals surface area contributed by atoms with E-state index in [-0.39, 0.29) is 0 Å².